The molecule has 0 spiro atoms. The SMILES string of the molecule is CC(C)(C)c1nc2ccc(N)cc2o1. The molecule has 14 heavy (non-hydrogen) atoms. The molecule has 74 valence electrons. The average Bonchev–Trinajstić information content (AvgIpc) is 2.45. The number of hydrogen-bond donors (Lipinski definition) is 1. The van der Waals surface area contributed by atoms with E-state index in [0.29, 0.717) is 5.69 Å². The highest BCUT2D eigenvalue weighted by molar-refractivity contribution is 5.76. The Balaban J connectivity index is 2.63. The van der Waals surface area contributed by atoms with E-state index >= 15 is 0 Å². The van der Waals surface area contributed by atoms with Gasteiger partial charge in [-0.05, 0) is 12.1 Å². The third kappa shape index (κ3) is 1.45. The maximum atomic E-state index is 5.65. The topological polar surface area (TPSA) is 52.0 Å². The molecule has 0 aliphatic carbocycles. The zero-order valence-electron chi connectivity index (χ0n) is 8.66. The second-order valence-electron chi connectivity index (χ2n) is 4.50. The molecular formula is C11H14N2O. The Morgan fingerprint density at radius 3 is 2.64 bits per heavy atom. The van der Waals surface area contributed by atoms with Crippen molar-refractivity contribution in [2.24, 2.45) is 0 Å². The molecule has 1 aromatic carbocycles. The van der Waals surface area contributed by atoms with E-state index in [1.807, 2.05) is 12.1 Å². The summed E-state index contributed by atoms with van der Waals surface area (Å²) in [5.74, 6) is 0.748. The lowest BCUT2D eigenvalue weighted by Gasteiger charge is -2.11. The van der Waals surface area contributed by atoms with Gasteiger partial charge in [0.15, 0.2) is 5.58 Å². The van der Waals surface area contributed by atoms with Crippen molar-refractivity contribution < 1.29 is 4.42 Å². The maximum absolute atomic E-state index is 5.65. The summed E-state index contributed by atoms with van der Waals surface area (Å²) >= 11 is 0. The number of nitrogen functional groups attached to an aromatic ring is 1. The van der Waals surface area contributed by atoms with Crippen molar-refractivity contribution in [3.63, 3.8) is 0 Å². The predicted octanol–water partition coefficient (Wildman–Crippen LogP) is 2.71. The van der Waals surface area contributed by atoms with Gasteiger partial charge in [0.05, 0.1) is 0 Å². The molecular weight excluding hydrogens is 176 g/mol. The lowest BCUT2D eigenvalue weighted by molar-refractivity contribution is 0.411. The Morgan fingerprint density at radius 1 is 1.29 bits per heavy atom. The molecule has 1 aromatic heterocycles. The molecule has 0 radical (unpaired) electrons. The van der Waals surface area contributed by atoms with E-state index in [2.05, 4.69) is 25.8 Å². The number of oxazole rings is 1. The molecule has 0 bridgehead atoms. The van der Waals surface area contributed by atoms with E-state index in [9.17, 15) is 0 Å². The number of benzene rings is 1. The van der Waals surface area contributed by atoms with Crippen molar-refractivity contribution in [1.82, 2.24) is 4.98 Å². The number of hydrogen-bond acceptors (Lipinski definition) is 3. The van der Waals surface area contributed by atoms with E-state index in [4.69, 9.17) is 10.2 Å². The highest BCUT2D eigenvalue weighted by atomic mass is 16.3. The van der Waals surface area contributed by atoms with Crippen LogP contribution in [0.3, 0.4) is 0 Å². The van der Waals surface area contributed by atoms with Gasteiger partial charge in [-0.25, -0.2) is 4.98 Å². The summed E-state index contributed by atoms with van der Waals surface area (Å²) in [7, 11) is 0. The fourth-order valence-electron chi connectivity index (χ4n) is 1.26. The average molecular weight is 190 g/mol. The standard InChI is InChI=1S/C11H14N2O/c1-11(2,3)10-13-8-5-4-7(12)6-9(8)14-10/h4-6H,12H2,1-3H3. The first kappa shape index (κ1) is 9.06. The maximum Gasteiger partial charge on any atom is 0.200 e. The highest BCUT2D eigenvalue weighted by Gasteiger charge is 2.20. The van der Waals surface area contributed by atoms with Gasteiger partial charge in [0, 0.05) is 17.2 Å². The van der Waals surface area contributed by atoms with Gasteiger partial charge in [-0.2, -0.15) is 0 Å². The number of rotatable bonds is 0. The van der Waals surface area contributed by atoms with Crippen molar-refractivity contribution in [1.29, 1.82) is 0 Å². The lowest BCUT2D eigenvalue weighted by atomic mass is 9.97. The molecule has 0 fully saturated rings. The molecule has 0 atom stereocenters. The smallest absolute Gasteiger partial charge is 0.200 e. The molecule has 2 N–H and O–H groups in total. The van der Waals surface area contributed by atoms with Crippen LogP contribution in [0.2, 0.25) is 0 Å². The third-order valence-electron chi connectivity index (χ3n) is 2.05. The van der Waals surface area contributed by atoms with E-state index in [0.717, 1.165) is 17.0 Å². The molecule has 3 heteroatoms. The van der Waals surface area contributed by atoms with Gasteiger partial charge in [-0.15, -0.1) is 0 Å². The van der Waals surface area contributed by atoms with Gasteiger partial charge in [-0.3, -0.25) is 0 Å². The summed E-state index contributed by atoms with van der Waals surface area (Å²) in [4.78, 5) is 4.40. The van der Waals surface area contributed by atoms with Crippen LogP contribution in [0.1, 0.15) is 26.7 Å². The summed E-state index contributed by atoms with van der Waals surface area (Å²) in [6.45, 7) is 6.21. The first-order chi connectivity index (χ1) is 6.47. The Kier molecular flexibility index (Phi) is 1.77. The second-order valence-corrected chi connectivity index (χ2v) is 4.50. The Bertz CT molecular complexity index is 466. The Labute approximate surface area is 82.9 Å². The van der Waals surface area contributed by atoms with Crippen molar-refractivity contribution in [2.75, 3.05) is 5.73 Å². The minimum Gasteiger partial charge on any atom is -0.440 e. The minimum absolute atomic E-state index is 0.0617. The summed E-state index contributed by atoms with van der Waals surface area (Å²) in [6.07, 6.45) is 0. The van der Waals surface area contributed by atoms with Crippen LogP contribution in [0.4, 0.5) is 5.69 Å². The first-order valence-electron chi connectivity index (χ1n) is 4.63. The van der Waals surface area contributed by atoms with E-state index in [1.165, 1.54) is 0 Å². The fraction of sp³-hybridized carbons (Fsp3) is 0.364. The predicted molar refractivity (Wildman–Crippen MR) is 57.1 cm³/mol. The largest absolute Gasteiger partial charge is 0.440 e. The summed E-state index contributed by atoms with van der Waals surface area (Å²) in [6, 6.07) is 5.51. The van der Waals surface area contributed by atoms with Gasteiger partial charge < -0.3 is 10.2 Å². The lowest BCUT2D eigenvalue weighted by Crippen LogP contribution is -2.10. The Morgan fingerprint density at radius 2 is 2.00 bits per heavy atom. The zero-order valence-corrected chi connectivity index (χ0v) is 8.66. The van der Waals surface area contributed by atoms with Crippen LogP contribution < -0.4 is 5.73 Å². The number of fused-ring (bicyclic) bond motifs is 1. The third-order valence-corrected chi connectivity index (χ3v) is 2.05. The molecule has 3 nitrogen and oxygen atoms in total. The van der Waals surface area contributed by atoms with Crippen LogP contribution in [0, 0.1) is 0 Å². The highest BCUT2D eigenvalue weighted by Crippen LogP contribution is 2.26. The van der Waals surface area contributed by atoms with Gasteiger partial charge in [0.25, 0.3) is 0 Å². The molecule has 0 saturated heterocycles. The summed E-state index contributed by atoms with van der Waals surface area (Å²) < 4.78 is 5.62. The normalized spacial score (nSPS) is 12.2. The fourth-order valence-corrected chi connectivity index (χ4v) is 1.26. The molecule has 2 rings (SSSR count). The molecule has 0 aliphatic heterocycles. The monoisotopic (exact) mass is 190 g/mol. The molecule has 0 unspecified atom stereocenters. The van der Waals surface area contributed by atoms with Crippen LogP contribution in [-0.2, 0) is 5.41 Å². The van der Waals surface area contributed by atoms with E-state index in [1.54, 1.807) is 6.07 Å². The second kappa shape index (κ2) is 2.74. The zero-order chi connectivity index (χ0) is 10.3. The van der Waals surface area contributed by atoms with Crippen molar-refractivity contribution in [3.05, 3.63) is 24.1 Å². The number of aromatic nitrogens is 1. The van der Waals surface area contributed by atoms with Crippen LogP contribution in [0.25, 0.3) is 11.1 Å². The van der Waals surface area contributed by atoms with Gasteiger partial charge in [-0.1, -0.05) is 20.8 Å². The molecule has 0 amide bonds. The van der Waals surface area contributed by atoms with Crippen molar-refractivity contribution in [3.8, 4) is 0 Å². The van der Waals surface area contributed by atoms with Crippen LogP contribution in [-0.4, -0.2) is 4.98 Å². The summed E-state index contributed by atoms with van der Waals surface area (Å²) in [5, 5.41) is 0. The number of nitrogens with two attached hydrogens (primary N) is 1. The number of nitrogens with zero attached hydrogens (tertiary/aromatic N) is 1. The quantitative estimate of drug-likeness (QED) is 0.650. The van der Waals surface area contributed by atoms with E-state index < -0.39 is 0 Å². The van der Waals surface area contributed by atoms with Crippen LogP contribution in [0.15, 0.2) is 22.6 Å². The molecule has 0 aliphatic rings. The van der Waals surface area contributed by atoms with Gasteiger partial charge >= 0.3 is 0 Å². The van der Waals surface area contributed by atoms with E-state index in [-0.39, 0.29) is 5.41 Å². The van der Waals surface area contributed by atoms with Crippen LogP contribution >= 0.6 is 0 Å². The van der Waals surface area contributed by atoms with Gasteiger partial charge in [0.1, 0.15) is 5.52 Å². The van der Waals surface area contributed by atoms with Gasteiger partial charge in [0.2, 0.25) is 5.89 Å². The van der Waals surface area contributed by atoms with Crippen molar-refractivity contribution >= 4 is 16.8 Å². The molecule has 2 aromatic rings. The summed E-state index contributed by atoms with van der Waals surface area (Å²) in [5.41, 5.74) is 7.92. The molecule has 1 heterocycles. The number of anilines is 1. The van der Waals surface area contributed by atoms with Crippen molar-refractivity contribution in [2.45, 2.75) is 26.2 Å². The first-order valence-corrected chi connectivity index (χ1v) is 4.63. The Hall–Kier alpha value is -1.51. The molecule has 0 saturated carbocycles. The van der Waals surface area contributed by atoms with Crippen LogP contribution in [0.5, 0.6) is 0 Å². The minimum atomic E-state index is -0.0617.